The highest BCUT2D eigenvalue weighted by Gasteiger charge is 2.53. The number of rotatable bonds is 3. The summed E-state index contributed by atoms with van der Waals surface area (Å²) in [7, 11) is 0. The second kappa shape index (κ2) is 13.0. The number of benzene rings is 10. The molecule has 0 saturated heterocycles. The van der Waals surface area contributed by atoms with Gasteiger partial charge >= 0.3 is 13.7 Å². The van der Waals surface area contributed by atoms with E-state index in [1.807, 2.05) is 0 Å². The molecule has 5 nitrogen and oxygen atoms in total. The number of aromatic nitrogens is 2. The van der Waals surface area contributed by atoms with Gasteiger partial charge in [-0.1, -0.05) is 146 Å². The summed E-state index contributed by atoms with van der Waals surface area (Å²) in [5.74, 6) is 1.80. The van der Waals surface area contributed by atoms with Gasteiger partial charge in [0.2, 0.25) is 0 Å². The highest BCUT2D eigenvalue weighted by atomic mass is 16.5. The van der Waals surface area contributed by atoms with E-state index in [4.69, 9.17) is 4.74 Å². The molecule has 10 aromatic carbocycles. The number of anilines is 4. The summed E-state index contributed by atoms with van der Waals surface area (Å²) < 4.78 is 14.8. The average molecular weight is 851 g/mol. The lowest BCUT2D eigenvalue weighted by Crippen LogP contribution is -2.74. The van der Waals surface area contributed by atoms with E-state index in [-0.39, 0.29) is 13.7 Å². The molecule has 0 aliphatic carbocycles. The Morgan fingerprint density at radius 3 is 1.45 bits per heavy atom. The largest absolute Gasteiger partial charge is 0.458 e. The van der Waals surface area contributed by atoms with Crippen molar-refractivity contribution in [2.24, 2.45) is 0 Å². The van der Waals surface area contributed by atoms with Crippen LogP contribution in [-0.2, 0) is 0 Å². The minimum Gasteiger partial charge on any atom is -0.458 e. The molecule has 0 amide bonds. The van der Waals surface area contributed by atoms with Crippen LogP contribution < -0.4 is 36.2 Å². The molecule has 4 aliphatic rings. The van der Waals surface area contributed by atoms with Crippen molar-refractivity contribution in [2.45, 2.75) is 0 Å². The molecular weight excluding hydrogens is 814 g/mol. The van der Waals surface area contributed by atoms with Gasteiger partial charge in [-0.2, -0.15) is 0 Å². The van der Waals surface area contributed by atoms with Crippen LogP contribution in [0.25, 0.3) is 77.2 Å². The number of hydrogen-bond acceptors (Lipinski definition) is 3. The van der Waals surface area contributed by atoms with Gasteiger partial charge in [-0.3, -0.25) is 0 Å². The summed E-state index contributed by atoms with van der Waals surface area (Å²) in [5.41, 5.74) is 21.6. The number of para-hydroxylation sites is 8. The molecule has 4 aliphatic heterocycles. The third-order valence-electron chi connectivity index (χ3n) is 15.1. The summed E-state index contributed by atoms with van der Waals surface area (Å²) in [6.07, 6.45) is 0. The topological polar surface area (TPSA) is 25.6 Å². The lowest BCUT2D eigenvalue weighted by Gasteiger charge is -2.52. The summed E-state index contributed by atoms with van der Waals surface area (Å²) in [6, 6.07) is 80.7. The molecule has 0 unspecified atom stereocenters. The van der Waals surface area contributed by atoms with Crippen LogP contribution in [0.5, 0.6) is 11.5 Å². The van der Waals surface area contributed by atoms with Crippen molar-refractivity contribution in [3.05, 3.63) is 218 Å². The molecule has 0 spiro atoms. The first-order chi connectivity index (χ1) is 33.3. The molecule has 0 saturated carbocycles. The first-order valence-corrected chi connectivity index (χ1v) is 23.2. The standard InChI is InChI=1S/C60H36B2N4O/c1-2-17-37(18-3-1)63-54-31-14-8-25-48(54)61-58-46(33-38(35-55(58)63)64-50-27-10-4-19-40(50)41-20-5-11-28-51(41)64)44-23-16-24-45-47-34-39(65-52-29-12-6-21-42(52)43-22-7-13-30-53(43)65)36-57-59(47)62(66(61)60(44)45)49-26-9-15-32-56(49)67-57/h1-36H. The molecule has 12 aromatic rings. The molecule has 0 fully saturated rings. The van der Waals surface area contributed by atoms with E-state index in [0.29, 0.717) is 0 Å². The SMILES string of the molecule is c1ccc(N2c3ccccc3B3c4c(cc(-n5c6ccccc6c6ccccc65)cc42)-c2cccc4c2N3B2c3ccccc3Oc3cc(-n5c6ccccc6c6ccccc65)cc-4c32)cc1. The minimum absolute atomic E-state index is 0.115. The van der Waals surface area contributed by atoms with Gasteiger partial charge < -0.3 is 23.5 Å². The molecule has 0 atom stereocenters. The van der Waals surface area contributed by atoms with Gasteiger partial charge in [-0.25, -0.2) is 0 Å². The second-order valence-corrected chi connectivity index (χ2v) is 18.4. The number of ether oxygens (including phenoxy) is 1. The maximum atomic E-state index is 7.14. The molecule has 16 rings (SSSR count). The molecular formula is C60H36B2N4O. The smallest absolute Gasteiger partial charge is 0.319 e. The fourth-order valence-electron chi connectivity index (χ4n) is 12.6. The highest BCUT2D eigenvalue weighted by molar-refractivity contribution is 7.08. The molecule has 0 N–H and O–H groups in total. The van der Waals surface area contributed by atoms with Gasteiger partial charge in [0, 0.05) is 67.2 Å². The summed E-state index contributed by atoms with van der Waals surface area (Å²) >= 11 is 0. The van der Waals surface area contributed by atoms with Gasteiger partial charge in [-0.15, -0.1) is 0 Å². The van der Waals surface area contributed by atoms with Gasteiger partial charge in [0.05, 0.1) is 27.8 Å². The highest BCUT2D eigenvalue weighted by Crippen LogP contribution is 2.52. The molecule has 0 radical (unpaired) electrons. The lowest BCUT2D eigenvalue weighted by atomic mass is 9.32. The predicted molar refractivity (Wildman–Crippen MR) is 280 cm³/mol. The van der Waals surface area contributed by atoms with Crippen LogP contribution in [0.15, 0.2) is 218 Å². The van der Waals surface area contributed by atoms with Crippen molar-refractivity contribution in [1.29, 1.82) is 0 Å². The van der Waals surface area contributed by atoms with Crippen LogP contribution in [-0.4, -0.2) is 22.8 Å². The molecule has 6 heterocycles. The van der Waals surface area contributed by atoms with Crippen LogP contribution in [0.2, 0.25) is 0 Å². The van der Waals surface area contributed by atoms with Gasteiger partial charge in [0.25, 0.3) is 0 Å². The predicted octanol–water partition coefficient (Wildman–Crippen LogP) is 12.1. The van der Waals surface area contributed by atoms with Crippen molar-refractivity contribution < 1.29 is 4.74 Å². The Morgan fingerprint density at radius 1 is 0.328 bits per heavy atom. The Bertz CT molecular complexity index is 4030. The van der Waals surface area contributed by atoms with Crippen molar-refractivity contribution in [1.82, 2.24) is 9.13 Å². The van der Waals surface area contributed by atoms with Crippen LogP contribution >= 0.6 is 0 Å². The maximum Gasteiger partial charge on any atom is 0.319 e. The van der Waals surface area contributed by atoms with Crippen molar-refractivity contribution >= 4 is 102 Å². The van der Waals surface area contributed by atoms with Crippen molar-refractivity contribution in [3.63, 3.8) is 0 Å². The van der Waals surface area contributed by atoms with Gasteiger partial charge in [-0.05, 0) is 99.7 Å². The number of fused-ring (bicyclic) bond motifs is 14. The van der Waals surface area contributed by atoms with Gasteiger partial charge in [0.15, 0.2) is 0 Å². The summed E-state index contributed by atoms with van der Waals surface area (Å²) in [6.45, 7) is -0.244. The number of hydrogen-bond donors (Lipinski definition) is 0. The Labute approximate surface area is 387 Å². The quantitative estimate of drug-likeness (QED) is 0.166. The number of nitrogens with zero attached hydrogens (tertiary/aromatic N) is 4. The van der Waals surface area contributed by atoms with E-state index in [2.05, 4.69) is 237 Å². The molecule has 308 valence electrons. The second-order valence-electron chi connectivity index (χ2n) is 18.4. The third kappa shape index (κ3) is 4.60. The monoisotopic (exact) mass is 850 g/mol. The maximum absolute atomic E-state index is 7.14. The van der Waals surface area contributed by atoms with E-state index < -0.39 is 0 Å². The van der Waals surface area contributed by atoms with Crippen molar-refractivity contribution in [3.8, 4) is 45.1 Å². The molecule has 2 aromatic heterocycles. The lowest BCUT2D eigenvalue weighted by molar-refractivity contribution is 0.487. The average Bonchev–Trinajstić information content (AvgIpc) is 3.91. The van der Waals surface area contributed by atoms with E-state index in [0.717, 1.165) is 28.6 Å². The fourth-order valence-corrected chi connectivity index (χ4v) is 12.6. The van der Waals surface area contributed by atoms with E-state index in [1.54, 1.807) is 0 Å². The van der Waals surface area contributed by atoms with Crippen molar-refractivity contribution in [2.75, 3.05) is 9.62 Å². The zero-order valence-electron chi connectivity index (χ0n) is 36.1. The minimum atomic E-state index is -0.129. The van der Waals surface area contributed by atoms with E-state index in [1.165, 1.54) is 105 Å². The normalized spacial score (nSPS) is 13.7. The van der Waals surface area contributed by atoms with Crippen LogP contribution in [0.3, 0.4) is 0 Å². The summed E-state index contributed by atoms with van der Waals surface area (Å²) in [5, 5.41) is 4.98. The van der Waals surface area contributed by atoms with Crippen LogP contribution in [0.4, 0.5) is 22.7 Å². The van der Waals surface area contributed by atoms with Crippen LogP contribution in [0, 0.1) is 0 Å². The Hall–Kier alpha value is -8.67. The first kappa shape index (κ1) is 35.7. The third-order valence-corrected chi connectivity index (χ3v) is 15.1. The van der Waals surface area contributed by atoms with Gasteiger partial charge in [0.1, 0.15) is 11.5 Å². The molecule has 0 bridgehead atoms. The molecule has 7 heteroatoms. The Balaban J connectivity index is 1.04. The summed E-state index contributed by atoms with van der Waals surface area (Å²) in [4.78, 5) is 2.51. The fraction of sp³-hybridized carbons (Fsp3) is 0. The zero-order valence-corrected chi connectivity index (χ0v) is 36.1. The Kier molecular flexibility index (Phi) is 6.91. The Morgan fingerprint density at radius 2 is 0.821 bits per heavy atom. The first-order valence-electron chi connectivity index (χ1n) is 23.2. The zero-order chi connectivity index (χ0) is 43.5. The molecule has 67 heavy (non-hydrogen) atoms. The van der Waals surface area contributed by atoms with E-state index in [9.17, 15) is 0 Å². The van der Waals surface area contributed by atoms with E-state index >= 15 is 0 Å². The van der Waals surface area contributed by atoms with Crippen LogP contribution in [0.1, 0.15) is 0 Å².